The number of carbonyl (C=O) groups excluding carboxylic acids is 1. The molecule has 0 unspecified atom stereocenters. The molecule has 1 aromatic carbocycles. The third-order valence-electron chi connectivity index (χ3n) is 3.79. The van der Waals surface area contributed by atoms with Crippen LogP contribution in [0.4, 0.5) is 0 Å². The number of fused-ring (bicyclic) bond motifs is 1. The number of nitrogens with one attached hydrogen (secondary N) is 1. The number of aryl methyl sites for hydroxylation is 1. The Hall–Kier alpha value is -2.19. The second kappa shape index (κ2) is 7.79. The van der Waals surface area contributed by atoms with Crippen LogP contribution in [0.1, 0.15) is 11.3 Å². The highest BCUT2D eigenvalue weighted by atomic mass is 32.2. The van der Waals surface area contributed by atoms with Crippen LogP contribution in [0.25, 0.3) is 10.2 Å². The van der Waals surface area contributed by atoms with Gasteiger partial charge in [0.1, 0.15) is 0 Å². The number of nitrogens with zero attached hydrogens (tertiary/aromatic N) is 3. The third kappa shape index (κ3) is 4.26. The molecule has 0 bridgehead atoms. The van der Waals surface area contributed by atoms with Gasteiger partial charge in [-0.2, -0.15) is 0 Å². The second-order valence-electron chi connectivity index (χ2n) is 5.54. The molecule has 2 heterocycles. The Morgan fingerprint density at radius 1 is 1.32 bits per heavy atom. The molecular weight excluding hydrogens is 356 g/mol. The number of thiazole rings is 1. The van der Waals surface area contributed by atoms with E-state index >= 15 is 0 Å². The zero-order valence-electron chi connectivity index (χ0n) is 14.0. The van der Waals surface area contributed by atoms with Crippen molar-refractivity contribution in [3.63, 3.8) is 0 Å². The predicted molar refractivity (Wildman–Crippen MR) is 101 cm³/mol. The number of carbonyl (C=O) groups is 1. The number of para-hydroxylation sites is 1. The van der Waals surface area contributed by atoms with E-state index in [4.69, 9.17) is 0 Å². The van der Waals surface area contributed by atoms with E-state index in [1.807, 2.05) is 31.2 Å². The Morgan fingerprint density at radius 3 is 2.92 bits per heavy atom. The van der Waals surface area contributed by atoms with Crippen LogP contribution in [-0.2, 0) is 11.3 Å². The lowest BCUT2D eigenvalue weighted by Gasteiger charge is -2.08. The summed E-state index contributed by atoms with van der Waals surface area (Å²) in [6.45, 7) is 4.37. The molecule has 0 atom stereocenters. The summed E-state index contributed by atoms with van der Waals surface area (Å²) in [5, 5.41) is 2.83. The Morgan fingerprint density at radius 2 is 2.12 bits per heavy atom. The molecule has 3 rings (SSSR count). The average Bonchev–Trinajstić information content (AvgIpc) is 3.03. The second-order valence-corrected chi connectivity index (χ2v) is 7.79. The number of benzene rings is 1. The first-order chi connectivity index (χ1) is 12.0. The van der Waals surface area contributed by atoms with Gasteiger partial charge in [-0.1, -0.05) is 23.9 Å². The zero-order valence-corrected chi connectivity index (χ0v) is 15.6. The summed E-state index contributed by atoms with van der Waals surface area (Å²) in [7, 11) is 0. The van der Waals surface area contributed by atoms with Crippen molar-refractivity contribution in [2.24, 2.45) is 0 Å². The topological polar surface area (TPSA) is 76.9 Å². The summed E-state index contributed by atoms with van der Waals surface area (Å²) in [6.07, 6.45) is 1.52. The molecular formula is C17H18N4O2S2. The standard InChI is InChI=1S/C17H18N4O2S2/c1-11-12(2)19-10-21(16(11)23)8-7-18-15(22)9-24-17-20-13-5-3-4-6-14(13)25-17/h3-6,10H,7-9H2,1-2H3,(H,18,22). The van der Waals surface area contributed by atoms with Crippen LogP contribution < -0.4 is 10.9 Å². The van der Waals surface area contributed by atoms with Crippen molar-refractivity contribution in [3.8, 4) is 0 Å². The van der Waals surface area contributed by atoms with Crippen LogP contribution in [0.5, 0.6) is 0 Å². The van der Waals surface area contributed by atoms with Crippen LogP contribution >= 0.6 is 23.1 Å². The summed E-state index contributed by atoms with van der Waals surface area (Å²) in [5.74, 6) is 0.231. The number of hydrogen-bond donors (Lipinski definition) is 1. The van der Waals surface area contributed by atoms with E-state index in [-0.39, 0.29) is 11.5 Å². The summed E-state index contributed by atoms with van der Waals surface area (Å²) in [4.78, 5) is 32.7. The van der Waals surface area contributed by atoms with Gasteiger partial charge in [0.2, 0.25) is 5.91 Å². The summed E-state index contributed by atoms with van der Waals surface area (Å²) < 4.78 is 3.52. The van der Waals surface area contributed by atoms with Crippen LogP contribution in [-0.4, -0.2) is 32.7 Å². The summed E-state index contributed by atoms with van der Waals surface area (Å²) in [5.41, 5.74) is 2.26. The molecule has 0 fully saturated rings. The van der Waals surface area contributed by atoms with Gasteiger partial charge >= 0.3 is 0 Å². The van der Waals surface area contributed by atoms with Gasteiger partial charge in [-0.3, -0.25) is 14.2 Å². The fraction of sp³-hybridized carbons (Fsp3) is 0.294. The molecule has 0 aliphatic rings. The lowest BCUT2D eigenvalue weighted by molar-refractivity contribution is -0.118. The maximum atomic E-state index is 12.1. The van der Waals surface area contributed by atoms with Gasteiger partial charge in [-0.05, 0) is 26.0 Å². The molecule has 0 saturated carbocycles. The monoisotopic (exact) mass is 374 g/mol. The van der Waals surface area contributed by atoms with Crippen molar-refractivity contribution < 1.29 is 4.79 Å². The fourth-order valence-electron chi connectivity index (χ4n) is 2.24. The van der Waals surface area contributed by atoms with Crippen LogP contribution in [0.3, 0.4) is 0 Å². The SMILES string of the molecule is Cc1ncn(CCNC(=O)CSc2nc3ccccc3s2)c(=O)c1C. The van der Waals surface area contributed by atoms with E-state index in [9.17, 15) is 9.59 Å². The molecule has 0 aliphatic carbocycles. The molecule has 1 N–H and O–H groups in total. The number of amides is 1. The Labute approximate surface area is 153 Å². The van der Waals surface area contributed by atoms with Gasteiger partial charge in [0, 0.05) is 24.3 Å². The minimum absolute atomic E-state index is 0.0643. The van der Waals surface area contributed by atoms with Gasteiger partial charge in [0.15, 0.2) is 4.34 Å². The van der Waals surface area contributed by atoms with Crippen molar-refractivity contribution in [1.29, 1.82) is 0 Å². The van der Waals surface area contributed by atoms with Gasteiger partial charge in [-0.15, -0.1) is 11.3 Å². The number of hydrogen-bond acceptors (Lipinski definition) is 6. The van der Waals surface area contributed by atoms with E-state index in [1.54, 1.807) is 18.3 Å². The van der Waals surface area contributed by atoms with E-state index < -0.39 is 0 Å². The maximum Gasteiger partial charge on any atom is 0.256 e. The smallest absolute Gasteiger partial charge is 0.256 e. The molecule has 0 aliphatic heterocycles. The highest BCUT2D eigenvalue weighted by Gasteiger charge is 2.08. The minimum atomic E-state index is -0.0749. The summed E-state index contributed by atoms with van der Waals surface area (Å²) >= 11 is 3.01. The molecule has 1 amide bonds. The average molecular weight is 374 g/mol. The zero-order chi connectivity index (χ0) is 17.8. The van der Waals surface area contributed by atoms with E-state index in [0.717, 1.165) is 20.3 Å². The quantitative estimate of drug-likeness (QED) is 0.671. The lowest BCUT2D eigenvalue weighted by Crippen LogP contribution is -2.32. The summed E-state index contributed by atoms with van der Waals surface area (Å²) in [6, 6.07) is 7.91. The van der Waals surface area contributed by atoms with Gasteiger partial charge in [0.05, 0.1) is 22.3 Å². The number of rotatable bonds is 6. The minimum Gasteiger partial charge on any atom is -0.354 e. The highest BCUT2D eigenvalue weighted by Crippen LogP contribution is 2.28. The van der Waals surface area contributed by atoms with Crippen LogP contribution in [0.15, 0.2) is 39.7 Å². The largest absolute Gasteiger partial charge is 0.354 e. The molecule has 0 radical (unpaired) electrons. The van der Waals surface area contributed by atoms with Crippen molar-refractivity contribution in [2.45, 2.75) is 24.7 Å². The molecule has 0 saturated heterocycles. The van der Waals surface area contributed by atoms with Gasteiger partial charge < -0.3 is 5.32 Å². The van der Waals surface area contributed by atoms with Gasteiger partial charge in [0.25, 0.3) is 5.56 Å². The normalized spacial score (nSPS) is 11.0. The number of thioether (sulfide) groups is 1. The first kappa shape index (κ1) is 17.6. The fourth-order valence-corrected chi connectivity index (χ4v) is 4.14. The molecule has 2 aromatic heterocycles. The van der Waals surface area contributed by atoms with E-state index in [2.05, 4.69) is 15.3 Å². The number of aromatic nitrogens is 3. The lowest BCUT2D eigenvalue weighted by atomic mass is 10.3. The van der Waals surface area contributed by atoms with E-state index in [1.165, 1.54) is 22.7 Å². The van der Waals surface area contributed by atoms with Crippen LogP contribution in [0, 0.1) is 13.8 Å². The molecule has 130 valence electrons. The van der Waals surface area contributed by atoms with Crippen molar-refractivity contribution in [1.82, 2.24) is 19.9 Å². The highest BCUT2D eigenvalue weighted by molar-refractivity contribution is 8.01. The molecule has 0 spiro atoms. The Balaban J connectivity index is 1.48. The van der Waals surface area contributed by atoms with Crippen molar-refractivity contribution >= 4 is 39.2 Å². The third-order valence-corrected chi connectivity index (χ3v) is 5.97. The van der Waals surface area contributed by atoms with E-state index in [0.29, 0.717) is 24.4 Å². The van der Waals surface area contributed by atoms with Crippen LogP contribution in [0.2, 0.25) is 0 Å². The van der Waals surface area contributed by atoms with Crippen molar-refractivity contribution in [2.75, 3.05) is 12.3 Å². The first-order valence-electron chi connectivity index (χ1n) is 7.82. The Bertz CT molecular complexity index is 932. The first-order valence-corrected chi connectivity index (χ1v) is 9.62. The van der Waals surface area contributed by atoms with Gasteiger partial charge in [-0.25, -0.2) is 9.97 Å². The predicted octanol–water partition coefficient (Wildman–Crippen LogP) is 2.38. The Kier molecular flexibility index (Phi) is 5.50. The maximum absolute atomic E-state index is 12.1. The molecule has 25 heavy (non-hydrogen) atoms. The molecule has 6 nitrogen and oxygen atoms in total. The molecule has 8 heteroatoms. The molecule has 3 aromatic rings. The van der Waals surface area contributed by atoms with Crippen molar-refractivity contribution in [3.05, 3.63) is 52.2 Å².